The van der Waals surface area contributed by atoms with Gasteiger partial charge in [-0.1, -0.05) is 20.3 Å². The molecule has 0 rings (SSSR count). The molecule has 0 heterocycles. The molecule has 0 aromatic rings. The standard InChI is InChI=1S/C9H19NO2/c1-4-7(2)6-10-8(3)5-9(11)12/h7-8,10H,4-6H2,1-3H3,(H,11,12). The number of carbonyl (C=O) groups is 1. The van der Waals surface area contributed by atoms with E-state index in [1.54, 1.807) is 0 Å². The summed E-state index contributed by atoms with van der Waals surface area (Å²) in [4.78, 5) is 10.3. The van der Waals surface area contributed by atoms with Crippen LogP contribution in [0.2, 0.25) is 0 Å². The molecule has 0 aliphatic heterocycles. The fourth-order valence-electron chi connectivity index (χ4n) is 0.881. The van der Waals surface area contributed by atoms with Gasteiger partial charge in [0, 0.05) is 6.04 Å². The minimum absolute atomic E-state index is 0.0801. The monoisotopic (exact) mass is 173 g/mol. The van der Waals surface area contributed by atoms with Crippen molar-refractivity contribution in [2.75, 3.05) is 6.54 Å². The van der Waals surface area contributed by atoms with Crippen molar-refractivity contribution >= 4 is 5.97 Å². The smallest absolute Gasteiger partial charge is 0.304 e. The first-order valence-corrected chi connectivity index (χ1v) is 4.51. The molecule has 0 aromatic carbocycles. The van der Waals surface area contributed by atoms with Gasteiger partial charge in [-0.25, -0.2) is 0 Å². The highest BCUT2D eigenvalue weighted by molar-refractivity contribution is 5.67. The average Bonchev–Trinajstić information content (AvgIpc) is 1.99. The Kier molecular flexibility index (Phi) is 5.72. The average molecular weight is 173 g/mol. The molecule has 0 spiro atoms. The van der Waals surface area contributed by atoms with Gasteiger partial charge in [0.25, 0.3) is 0 Å². The zero-order valence-electron chi connectivity index (χ0n) is 8.13. The highest BCUT2D eigenvalue weighted by atomic mass is 16.4. The van der Waals surface area contributed by atoms with Crippen LogP contribution in [0.25, 0.3) is 0 Å². The maximum absolute atomic E-state index is 10.3. The number of nitrogens with one attached hydrogen (secondary N) is 1. The normalized spacial score (nSPS) is 15.6. The van der Waals surface area contributed by atoms with Crippen LogP contribution >= 0.6 is 0 Å². The lowest BCUT2D eigenvalue weighted by atomic mass is 10.1. The molecule has 0 amide bonds. The van der Waals surface area contributed by atoms with Gasteiger partial charge in [0.1, 0.15) is 0 Å². The third kappa shape index (κ3) is 6.16. The maximum Gasteiger partial charge on any atom is 0.304 e. The fourth-order valence-corrected chi connectivity index (χ4v) is 0.881. The van der Waals surface area contributed by atoms with Gasteiger partial charge in [-0.15, -0.1) is 0 Å². The molecule has 72 valence electrons. The Morgan fingerprint density at radius 3 is 2.50 bits per heavy atom. The second-order valence-corrected chi connectivity index (χ2v) is 3.42. The summed E-state index contributed by atoms with van der Waals surface area (Å²) in [5, 5.41) is 11.7. The van der Waals surface area contributed by atoms with Crippen molar-refractivity contribution in [3.63, 3.8) is 0 Å². The Balaban J connectivity index is 3.43. The predicted octanol–water partition coefficient (Wildman–Crippen LogP) is 1.49. The van der Waals surface area contributed by atoms with Crippen LogP contribution in [0.1, 0.15) is 33.6 Å². The first-order valence-electron chi connectivity index (χ1n) is 4.51. The van der Waals surface area contributed by atoms with E-state index in [2.05, 4.69) is 19.2 Å². The van der Waals surface area contributed by atoms with Crippen molar-refractivity contribution in [2.45, 2.75) is 39.7 Å². The van der Waals surface area contributed by atoms with Crippen LogP contribution in [0.3, 0.4) is 0 Å². The minimum Gasteiger partial charge on any atom is -0.481 e. The van der Waals surface area contributed by atoms with E-state index in [0.717, 1.165) is 13.0 Å². The van der Waals surface area contributed by atoms with Gasteiger partial charge in [-0.3, -0.25) is 4.79 Å². The van der Waals surface area contributed by atoms with E-state index in [0.29, 0.717) is 5.92 Å². The number of carboxylic acid groups (broad SMARTS) is 1. The molecule has 0 bridgehead atoms. The molecule has 2 atom stereocenters. The first-order chi connectivity index (χ1) is 5.56. The molecule has 12 heavy (non-hydrogen) atoms. The van der Waals surface area contributed by atoms with Gasteiger partial charge >= 0.3 is 5.97 Å². The van der Waals surface area contributed by atoms with Crippen LogP contribution in [0.4, 0.5) is 0 Å². The van der Waals surface area contributed by atoms with Crippen LogP contribution < -0.4 is 5.32 Å². The molecule has 2 unspecified atom stereocenters. The molecule has 0 aliphatic carbocycles. The van der Waals surface area contributed by atoms with E-state index >= 15 is 0 Å². The van der Waals surface area contributed by atoms with Gasteiger partial charge in [0.2, 0.25) is 0 Å². The van der Waals surface area contributed by atoms with Crippen molar-refractivity contribution in [3.05, 3.63) is 0 Å². The van der Waals surface area contributed by atoms with E-state index in [-0.39, 0.29) is 12.5 Å². The number of hydrogen-bond donors (Lipinski definition) is 2. The lowest BCUT2D eigenvalue weighted by Gasteiger charge is -2.14. The van der Waals surface area contributed by atoms with Crippen LogP contribution in [0, 0.1) is 5.92 Å². The van der Waals surface area contributed by atoms with Crippen molar-refractivity contribution in [3.8, 4) is 0 Å². The molecule has 0 aliphatic rings. The van der Waals surface area contributed by atoms with Gasteiger partial charge < -0.3 is 10.4 Å². The summed E-state index contributed by atoms with van der Waals surface area (Å²) >= 11 is 0. The Labute approximate surface area is 74.2 Å². The lowest BCUT2D eigenvalue weighted by Crippen LogP contribution is -2.31. The molecule has 0 saturated heterocycles. The van der Waals surface area contributed by atoms with Crippen molar-refractivity contribution in [1.82, 2.24) is 5.32 Å². The Bertz CT molecular complexity index is 136. The molecule has 3 nitrogen and oxygen atoms in total. The summed E-state index contributed by atoms with van der Waals surface area (Å²) in [6.07, 6.45) is 1.34. The topological polar surface area (TPSA) is 49.3 Å². The van der Waals surface area contributed by atoms with Crippen LogP contribution in [-0.2, 0) is 4.79 Å². The number of rotatable bonds is 6. The Hall–Kier alpha value is -0.570. The number of aliphatic carboxylic acids is 1. The van der Waals surface area contributed by atoms with Crippen LogP contribution in [0.5, 0.6) is 0 Å². The van der Waals surface area contributed by atoms with Gasteiger partial charge in [0.15, 0.2) is 0 Å². The summed E-state index contributed by atoms with van der Waals surface area (Å²) in [5.74, 6) is -0.111. The Morgan fingerprint density at radius 2 is 2.08 bits per heavy atom. The van der Waals surface area contributed by atoms with E-state index in [1.807, 2.05) is 6.92 Å². The van der Waals surface area contributed by atoms with E-state index < -0.39 is 5.97 Å². The zero-order chi connectivity index (χ0) is 9.56. The second-order valence-electron chi connectivity index (χ2n) is 3.42. The molecular weight excluding hydrogens is 154 g/mol. The third-order valence-electron chi connectivity index (χ3n) is 1.99. The number of carboxylic acids is 1. The highest BCUT2D eigenvalue weighted by Gasteiger charge is 2.07. The number of hydrogen-bond acceptors (Lipinski definition) is 2. The zero-order valence-corrected chi connectivity index (χ0v) is 8.13. The minimum atomic E-state index is -0.737. The first kappa shape index (κ1) is 11.4. The van der Waals surface area contributed by atoms with Crippen LogP contribution in [0.15, 0.2) is 0 Å². The van der Waals surface area contributed by atoms with Crippen molar-refractivity contribution in [2.24, 2.45) is 5.92 Å². The maximum atomic E-state index is 10.3. The van der Waals surface area contributed by atoms with E-state index in [9.17, 15) is 4.79 Å². The Morgan fingerprint density at radius 1 is 1.50 bits per heavy atom. The quantitative estimate of drug-likeness (QED) is 0.639. The van der Waals surface area contributed by atoms with Crippen LogP contribution in [-0.4, -0.2) is 23.7 Å². The SMILES string of the molecule is CCC(C)CNC(C)CC(=O)O. The summed E-state index contributed by atoms with van der Waals surface area (Å²) < 4.78 is 0. The van der Waals surface area contributed by atoms with Crippen molar-refractivity contribution < 1.29 is 9.90 Å². The fraction of sp³-hybridized carbons (Fsp3) is 0.889. The molecule has 0 aromatic heterocycles. The van der Waals surface area contributed by atoms with Gasteiger partial charge in [-0.05, 0) is 19.4 Å². The molecule has 0 fully saturated rings. The van der Waals surface area contributed by atoms with E-state index in [4.69, 9.17) is 5.11 Å². The predicted molar refractivity (Wildman–Crippen MR) is 49.2 cm³/mol. The van der Waals surface area contributed by atoms with Gasteiger partial charge in [0.05, 0.1) is 6.42 Å². The lowest BCUT2D eigenvalue weighted by molar-refractivity contribution is -0.137. The molecular formula is C9H19NO2. The molecule has 0 saturated carbocycles. The molecule has 2 N–H and O–H groups in total. The summed E-state index contributed by atoms with van der Waals surface area (Å²) in [6.45, 7) is 7.09. The molecule has 3 heteroatoms. The summed E-state index contributed by atoms with van der Waals surface area (Å²) in [5.41, 5.74) is 0. The van der Waals surface area contributed by atoms with E-state index in [1.165, 1.54) is 0 Å². The largest absolute Gasteiger partial charge is 0.481 e. The second kappa shape index (κ2) is 6.00. The van der Waals surface area contributed by atoms with Gasteiger partial charge in [-0.2, -0.15) is 0 Å². The molecule has 0 radical (unpaired) electrons. The summed E-state index contributed by atoms with van der Waals surface area (Å²) in [7, 11) is 0. The third-order valence-corrected chi connectivity index (χ3v) is 1.99. The van der Waals surface area contributed by atoms with Crippen molar-refractivity contribution in [1.29, 1.82) is 0 Å². The summed E-state index contributed by atoms with van der Waals surface area (Å²) in [6, 6.07) is 0.0801. The highest BCUT2D eigenvalue weighted by Crippen LogP contribution is 1.99.